The highest BCUT2D eigenvalue weighted by Crippen LogP contribution is 2.38. The van der Waals surface area contributed by atoms with Gasteiger partial charge in [-0.1, -0.05) is 6.92 Å². The van der Waals surface area contributed by atoms with Crippen molar-refractivity contribution in [3.05, 3.63) is 21.4 Å². The van der Waals surface area contributed by atoms with Crippen molar-refractivity contribution in [3.63, 3.8) is 0 Å². The van der Waals surface area contributed by atoms with Gasteiger partial charge in [0, 0.05) is 22.8 Å². The summed E-state index contributed by atoms with van der Waals surface area (Å²) in [6.45, 7) is 1.88. The minimum absolute atomic E-state index is 0.0869. The molecular formula is C13H19NO2S. The molecule has 0 spiro atoms. The molecular weight excluding hydrogens is 234 g/mol. The van der Waals surface area contributed by atoms with Crippen LogP contribution >= 0.6 is 11.3 Å². The Bertz CT molecular complexity index is 414. The smallest absolute Gasteiger partial charge is 0.220 e. The number of rotatable bonds is 4. The number of methoxy groups -OCH3 is 1. The average Bonchev–Trinajstić information content (AvgIpc) is 2.70. The van der Waals surface area contributed by atoms with Crippen molar-refractivity contribution in [2.45, 2.75) is 38.7 Å². The van der Waals surface area contributed by atoms with Crippen molar-refractivity contribution in [2.75, 3.05) is 7.11 Å². The molecule has 0 aliphatic heterocycles. The highest BCUT2D eigenvalue weighted by atomic mass is 32.1. The van der Waals surface area contributed by atoms with Crippen molar-refractivity contribution in [2.24, 2.45) is 11.7 Å². The Morgan fingerprint density at radius 3 is 3.12 bits per heavy atom. The number of amides is 1. The monoisotopic (exact) mass is 253 g/mol. The zero-order valence-corrected chi connectivity index (χ0v) is 11.2. The van der Waals surface area contributed by atoms with Crippen molar-refractivity contribution in [3.8, 4) is 0 Å². The molecule has 0 fully saturated rings. The Balaban J connectivity index is 2.16. The number of ether oxygens (including phenoxy) is 1. The van der Waals surface area contributed by atoms with Crippen LogP contribution in [0, 0.1) is 5.92 Å². The lowest BCUT2D eigenvalue weighted by molar-refractivity contribution is -0.121. The van der Waals surface area contributed by atoms with Gasteiger partial charge in [0.05, 0.1) is 6.10 Å². The van der Waals surface area contributed by atoms with Gasteiger partial charge in [-0.3, -0.25) is 4.79 Å². The number of hydrogen-bond donors (Lipinski definition) is 1. The summed E-state index contributed by atoms with van der Waals surface area (Å²) in [7, 11) is 1.77. The van der Waals surface area contributed by atoms with Crippen LogP contribution in [0.3, 0.4) is 0 Å². The van der Waals surface area contributed by atoms with Crippen LogP contribution in [0.4, 0.5) is 0 Å². The zero-order valence-electron chi connectivity index (χ0n) is 10.4. The summed E-state index contributed by atoms with van der Waals surface area (Å²) in [4.78, 5) is 13.8. The molecule has 0 saturated carbocycles. The Labute approximate surface area is 106 Å². The number of thiophene rings is 1. The van der Waals surface area contributed by atoms with Gasteiger partial charge in [-0.25, -0.2) is 0 Å². The van der Waals surface area contributed by atoms with Gasteiger partial charge in [0.15, 0.2) is 0 Å². The van der Waals surface area contributed by atoms with E-state index in [1.807, 2.05) is 18.3 Å². The standard InChI is InChI=1S/C13H19NO2S/c1-8(13(14)15)6-9-7-10-11(16-2)4-3-5-12(10)17-9/h7-8,11H,3-6H2,1-2H3,(H2,14,15). The molecule has 2 rings (SSSR count). The minimum atomic E-state index is -0.223. The molecule has 2 N–H and O–H groups in total. The number of nitrogens with two attached hydrogens (primary N) is 1. The summed E-state index contributed by atoms with van der Waals surface area (Å²) in [5.41, 5.74) is 6.63. The summed E-state index contributed by atoms with van der Waals surface area (Å²) in [6.07, 6.45) is 4.43. The van der Waals surface area contributed by atoms with E-state index in [4.69, 9.17) is 10.5 Å². The molecule has 1 aliphatic rings. The highest BCUT2D eigenvalue weighted by Gasteiger charge is 2.23. The van der Waals surface area contributed by atoms with E-state index < -0.39 is 0 Å². The molecule has 3 nitrogen and oxygen atoms in total. The quantitative estimate of drug-likeness (QED) is 0.896. The molecule has 1 aliphatic carbocycles. The third kappa shape index (κ3) is 2.69. The number of hydrogen-bond acceptors (Lipinski definition) is 3. The second-order valence-corrected chi connectivity index (χ2v) is 5.94. The van der Waals surface area contributed by atoms with E-state index in [0.717, 1.165) is 19.3 Å². The van der Waals surface area contributed by atoms with E-state index in [-0.39, 0.29) is 17.9 Å². The van der Waals surface area contributed by atoms with Gasteiger partial charge in [0.1, 0.15) is 0 Å². The maximum atomic E-state index is 11.1. The van der Waals surface area contributed by atoms with E-state index in [0.29, 0.717) is 0 Å². The molecule has 1 aromatic heterocycles. The Kier molecular flexibility index (Phi) is 3.84. The van der Waals surface area contributed by atoms with Crippen LogP contribution in [0.1, 0.15) is 41.2 Å². The highest BCUT2D eigenvalue weighted by molar-refractivity contribution is 7.12. The lowest BCUT2D eigenvalue weighted by Crippen LogP contribution is -2.21. The second kappa shape index (κ2) is 5.19. The van der Waals surface area contributed by atoms with E-state index in [1.165, 1.54) is 21.7 Å². The summed E-state index contributed by atoms with van der Waals surface area (Å²) >= 11 is 1.81. The van der Waals surface area contributed by atoms with Crippen LogP contribution in [0.2, 0.25) is 0 Å². The van der Waals surface area contributed by atoms with E-state index >= 15 is 0 Å². The number of primary amides is 1. The lowest BCUT2D eigenvalue weighted by atomic mass is 9.95. The number of aryl methyl sites for hydroxylation is 1. The molecule has 1 aromatic rings. The first-order chi connectivity index (χ1) is 8.11. The predicted molar refractivity (Wildman–Crippen MR) is 69.1 cm³/mol. The molecule has 0 radical (unpaired) electrons. The molecule has 94 valence electrons. The second-order valence-electron chi connectivity index (χ2n) is 4.72. The minimum Gasteiger partial charge on any atom is -0.377 e. The van der Waals surface area contributed by atoms with Crippen LogP contribution < -0.4 is 5.73 Å². The fraction of sp³-hybridized carbons (Fsp3) is 0.615. The Morgan fingerprint density at radius 1 is 1.71 bits per heavy atom. The molecule has 4 heteroatoms. The normalized spacial score (nSPS) is 20.9. The average molecular weight is 253 g/mol. The molecule has 0 saturated heterocycles. The van der Waals surface area contributed by atoms with Gasteiger partial charge in [-0.2, -0.15) is 0 Å². The van der Waals surface area contributed by atoms with E-state index in [1.54, 1.807) is 7.11 Å². The summed E-state index contributed by atoms with van der Waals surface area (Å²) in [5.74, 6) is -0.309. The summed E-state index contributed by atoms with van der Waals surface area (Å²) in [5, 5.41) is 0. The third-order valence-electron chi connectivity index (χ3n) is 3.39. The fourth-order valence-electron chi connectivity index (χ4n) is 2.32. The van der Waals surface area contributed by atoms with Gasteiger partial charge < -0.3 is 10.5 Å². The van der Waals surface area contributed by atoms with Crippen LogP contribution in [0.5, 0.6) is 0 Å². The molecule has 2 atom stereocenters. The zero-order chi connectivity index (χ0) is 12.4. The van der Waals surface area contributed by atoms with Crippen LogP contribution in [-0.2, 0) is 22.4 Å². The fourth-order valence-corrected chi connectivity index (χ4v) is 3.71. The molecule has 1 amide bonds. The van der Waals surface area contributed by atoms with Crippen molar-refractivity contribution >= 4 is 17.2 Å². The number of fused-ring (bicyclic) bond motifs is 1. The van der Waals surface area contributed by atoms with E-state index in [9.17, 15) is 4.79 Å². The van der Waals surface area contributed by atoms with Gasteiger partial charge in [-0.15, -0.1) is 11.3 Å². The summed E-state index contributed by atoms with van der Waals surface area (Å²) < 4.78 is 5.50. The summed E-state index contributed by atoms with van der Waals surface area (Å²) in [6, 6.07) is 2.20. The van der Waals surface area contributed by atoms with Gasteiger partial charge >= 0.3 is 0 Å². The first-order valence-corrected chi connectivity index (χ1v) is 6.87. The molecule has 17 heavy (non-hydrogen) atoms. The largest absolute Gasteiger partial charge is 0.377 e. The number of carbonyl (C=O) groups excluding carboxylic acids is 1. The maximum Gasteiger partial charge on any atom is 0.220 e. The topological polar surface area (TPSA) is 52.3 Å². The van der Waals surface area contributed by atoms with E-state index in [2.05, 4.69) is 6.07 Å². The van der Waals surface area contributed by atoms with Crippen molar-refractivity contribution in [1.29, 1.82) is 0 Å². The number of carbonyl (C=O) groups is 1. The Hall–Kier alpha value is -0.870. The lowest BCUT2D eigenvalue weighted by Gasteiger charge is -2.20. The molecule has 1 heterocycles. The van der Waals surface area contributed by atoms with Gasteiger partial charge in [-0.05, 0) is 37.3 Å². The molecule has 0 bridgehead atoms. The molecule has 0 aromatic carbocycles. The molecule has 2 unspecified atom stereocenters. The third-order valence-corrected chi connectivity index (χ3v) is 4.62. The maximum absolute atomic E-state index is 11.1. The van der Waals surface area contributed by atoms with Crippen LogP contribution in [0.25, 0.3) is 0 Å². The SMILES string of the molecule is COC1CCCc2sc(CC(C)C(N)=O)cc21. The Morgan fingerprint density at radius 2 is 2.47 bits per heavy atom. The van der Waals surface area contributed by atoms with Crippen molar-refractivity contribution in [1.82, 2.24) is 0 Å². The first kappa shape index (κ1) is 12.6. The van der Waals surface area contributed by atoms with Gasteiger partial charge in [0.25, 0.3) is 0 Å². The van der Waals surface area contributed by atoms with Crippen molar-refractivity contribution < 1.29 is 9.53 Å². The van der Waals surface area contributed by atoms with Gasteiger partial charge in [0.2, 0.25) is 5.91 Å². The predicted octanol–water partition coefficient (Wildman–Crippen LogP) is 2.44. The van der Waals surface area contributed by atoms with Crippen LogP contribution in [0.15, 0.2) is 6.07 Å². The van der Waals surface area contributed by atoms with Crippen LogP contribution in [-0.4, -0.2) is 13.0 Å². The first-order valence-electron chi connectivity index (χ1n) is 6.05.